The number of fused-ring (bicyclic) bond motifs is 1. The van der Waals surface area contributed by atoms with Gasteiger partial charge in [0.05, 0.1) is 12.6 Å². The van der Waals surface area contributed by atoms with Crippen molar-refractivity contribution in [1.29, 1.82) is 0 Å². The molecule has 3 N–H and O–H groups in total. The van der Waals surface area contributed by atoms with Crippen LogP contribution >= 0.6 is 11.6 Å². The highest BCUT2D eigenvalue weighted by Crippen LogP contribution is 2.27. The summed E-state index contributed by atoms with van der Waals surface area (Å²) in [7, 11) is 0. The van der Waals surface area contributed by atoms with Gasteiger partial charge in [-0.2, -0.15) is 0 Å². The summed E-state index contributed by atoms with van der Waals surface area (Å²) in [5, 5.41) is 8.07. The molecule has 4 aromatic rings. The predicted octanol–water partition coefficient (Wildman–Crippen LogP) is 5.48. The van der Waals surface area contributed by atoms with Crippen molar-refractivity contribution in [2.45, 2.75) is 44.1 Å². The lowest BCUT2D eigenvalue weighted by atomic mass is 9.89. The van der Waals surface area contributed by atoms with Crippen LogP contribution in [0.4, 0.5) is 0 Å². The molecule has 208 valence electrons. The molecule has 7 heteroatoms. The Labute approximate surface area is 241 Å². The molecule has 1 aromatic heterocycles. The predicted molar refractivity (Wildman–Crippen MR) is 162 cm³/mol. The van der Waals surface area contributed by atoms with Gasteiger partial charge in [0.25, 0.3) is 0 Å². The minimum absolute atomic E-state index is 0.00619. The van der Waals surface area contributed by atoms with E-state index in [0.717, 1.165) is 48.0 Å². The van der Waals surface area contributed by atoms with Gasteiger partial charge in [0, 0.05) is 35.1 Å². The number of carbonyl (C=O) groups excluding carboxylic acids is 2. The standard InChI is InChI=1S/C33H37ClN4O2/c34-30-12-6-4-10-26(30)14-15-32(39)36-22-28(20-27-21-35-31-13-7-5-11-29(27)31)37-33(40)23-38-18-16-25(17-19-38)24-8-2-1-3-9-24/h1-13,21,25,28,35H,14-20,22-23H2,(H,36,39)(H,37,40)/t28-/m1/s1. The average molecular weight is 557 g/mol. The number of hydrogen-bond acceptors (Lipinski definition) is 3. The maximum Gasteiger partial charge on any atom is 0.234 e. The van der Waals surface area contributed by atoms with Gasteiger partial charge in [0.15, 0.2) is 0 Å². The van der Waals surface area contributed by atoms with Crippen LogP contribution in [0, 0.1) is 0 Å². The number of likely N-dealkylation sites (tertiary alicyclic amines) is 1. The zero-order valence-corrected chi connectivity index (χ0v) is 23.5. The van der Waals surface area contributed by atoms with Crippen LogP contribution in [0.25, 0.3) is 10.9 Å². The van der Waals surface area contributed by atoms with E-state index >= 15 is 0 Å². The molecule has 1 fully saturated rings. The van der Waals surface area contributed by atoms with Crippen molar-refractivity contribution in [1.82, 2.24) is 20.5 Å². The molecule has 40 heavy (non-hydrogen) atoms. The van der Waals surface area contributed by atoms with Crippen LogP contribution in [0.15, 0.2) is 85.1 Å². The van der Waals surface area contributed by atoms with Gasteiger partial charge in [-0.05, 0) is 73.5 Å². The van der Waals surface area contributed by atoms with Crippen molar-refractivity contribution >= 4 is 34.3 Å². The number of H-pyrrole nitrogens is 1. The molecule has 5 rings (SSSR count). The van der Waals surface area contributed by atoms with Crippen molar-refractivity contribution in [3.63, 3.8) is 0 Å². The van der Waals surface area contributed by atoms with Gasteiger partial charge in [-0.3, -0.25) is 14.5 Å². The quantitative estimate of drug-likeness (QED) is 0.229. The van der Waals surface area contributed by atoms with Gasteiger partial charge < -0.3 is 15.6 Å². The molecule has 2 heterocycles. The first-order chi connectivity index (χ1) is 19.5. The molecule has 0 radical (unpaired) electrons. The maximum absolute atomic E-state index is 13.2. The van der Waals surface area contributed by atoms with E-state index in [9.17, 15) is 9.59 Å². The largest absolute Gasteiger partial charge is 0.361 e. The fourth-order valence-corrected chi connectivity index (χ4v) is 5.87. The smallest absolute Gasteiger partial charge is 0.234 e. The molecule has 1 atom stereocenters. The monoisotopic (exact) mass is 556 g/mol. The summed E-state index contributed by atoms with van der Waals surface area (Å²) in [6.07, 6.45) is 5.64. The lowest BCUT2D eigenvalue weighted by molar-refractivity contribution is -0.124. The van der Waals surface area contributed by atoms with E-state index in [2.05, 4.69) is 56.9 Å². The van der Waals surface area contributed by atoms with Crippen LogP contribution in [0.3, 0.4) is 0 Å². The summed E-state index contributed by atoms with van der Waals surface area (Å²) >= 11 is 6.25. The van der Waals surface area contributed by atoms with Gasteiger partial charge in [-0.25, -0.2) is 0 Å². The summed E-state index contributed by atoms with van der Waals surface area (Å²) in [4.78, 5) is 31.4. The first-order valence-electron chi connectivity index (χ1n) is 14.2. The third-order valence-corrected chi connectivity index (χ3v) is 8.23. The van der Waals surface area contributed by atoms with E-state index in [-0.39, 0.29) is 17.9 Å². The maximum atomic E-state index is 13.2. The number of halogens is 1. The molecule has 1 saturated heterocycles. The number of piperidine rings is 1. The fraction of sp³-hybridized carbons (Fsp3) is 0.333. The van der Waals surface area contributed by atoms with Crippen LogP contribution in [0.5, 0.6) is 0 Å². The Bertz CT molecular complexity index is 1410. The Morgan fingerprint density at radius 2 is 1.62 bits per heavy atom. The lowest BCUT2D eigenvalue weighted by Gasteiger charge is -2.32. The van der Waals surface area contributed by atoms with Crippen LogP contribution < -0.4 is 10.6 Å². The van der Waals surface area contributed by atoms with Crippen LogP contribution in [0.2, 0.25) is 5.02 Å². The minimum Gasteiger partial charge on any atom is -0.361 e. The molecule has 2 amide bonds. The van der Waals surface area contributed by atoms with Crippen molar-refractivity contribution in [2.24, 2.45) is 0 Å². The molecule has 6 nitrogen and oxygen atoms in total. The van der Waals surface area contributed by atoms with Crippen LogP contribution in [0.1, 0.15) is 41.9 Å². The van der Waals surface area contributed by atoms with Gasteiger partial charge in [0.1, 0.15) is 0 Å². The van der Waals surface area contributed by atoms with Crippen molar-refractivity contribution in [2.75, 3.05) is 26.2 Å². The van der Waals surface area contributed by atoms with Crippen molar-refractivity contribution in [3.05, 3.63) is 107 Å². The second kappa shape index (κ2) is 13.6. The first-order valence-corrected chi connectivity index (χ1v) is 14.5. The highest BCUT2D eigenvalue weighted by Gasteiger charge is 2.23. The average Bonchev–Trinajstić information content (AvgIpc) is 3.39. The lowest BCUT2D eigenvalue weighted by Crippen LogP contribution is -2.49. The number of benzene rings is 3. The molecule has 0 spiro atoms. The Morgan fingerprint density at radius 1 is 0.900 bits per heavy atom. The molecule has 0 aliphatic carbocycles. The van der Waals surface area contributed by atoms with Crippen LogP contribution in [-0.2, 0) is 22.4 Å². The number of para-hydroxylation sites is 1. The van der Waals surface area contributed by atoms with Crippen molar-refractivity contribution < 1.29 is 9.59 Å². The number of rotatable bonds is 11. The number of aryl methyl sites for hydroxylation is 1. The van der Waals surface area contributed by atoms with Gasteiger partial charge in [0.2, 0.25) is 11.8 Å². The van der Waals surface area contributed by atoms with E-state index in [4.69, 9.17) is 11.6 Å². The number of hydrogen-bond donors (Lipinski definition) is 3. The third-order valence-electron chi connectivity index (χ3n) is 7.86. The Morgan fingerprint density at radius 3 is 2.42 bits per heavy atom. The molecule has 0 unspecified atom stereocenters. The number of nitrogens with one attached hydrogen (secondary N) is 3. The number of aromatic amines is 1. The van der Waals surface area contributed by atoms with E-state index in [0.29, 0.717) is 43.3 Å². The second-order valence-corrected chi connectivity index (χ2v) is 11.1. The Hall–Kier alpha value is -3.61. The number of carbonyl (C=O) groups is 2. The van der Waals surface area contributed by atoms with E-state index in [1.54, 1.807) is 0 Å². The molecule has 0 bridgehead atoms. The molecule has 1 aliphatic rings. The van der Waals surface area contributed by atoms with Crippen LogP contribution in [-0.4, -0.2) is 53.9 Å². The van der Waals surface area contributed by atoms with E-state index in [1.807, 2.05) is 48.7 Å². The Kier molecular flexibility index (Phi) is 9.53. The summed E-state index contributed by atoms with van der Waals surface area (Å²) in [5.41, 5.74) is 4.53. The molecular formula is C33H37ClN4O2. The zero-order chi connectivity index (χ0) is 27.7. The SMILES string of the molecule is O=C(CCc1ccccc1Cl)NC[C@@H](Cc1c[nH]c2ccccc12)NC(=O)CN1CCC(c2ccccc2)CC1. The zero-order valence-electron chi connectivity index (χ0n) is 22.7. The fourth-order valence-electron chi connectivity index (χ4n) is 5.64. The molecular weight excluding hydrogens is 520 g/mol. The minimum atomic E-state index is -0.224. The van der Waals surface area contributed by atoms with Crippen molar-refractivity contribution in [3.8, 4) is 0 Å². The van der Waals surface area contributed by atoms with Gasteiger partial charge in [-0.1, -0.05) is 78.3 Å². The van der Waals surface area contributed by atoms with E-state index in [1.165, 1.54) is 5.56 Å². The number of nitrogens with zero attached hydrogens (tertiary/aromatic N) is 1. The summed E-state index contributed by atoms with van der Waals surface area (Å²) in [6.45, 7) is 2.53. The van der Waals surface area contributed by atoms with Gasteiger partial charge in [-0.15, -0.1) is 0 Å². The first kappa shape index (κ1) is 27.9. The summed E-state index contributed by atoms with van der Waals surface area (Å²) < 4.78 is 0. The molecule has 1 aliphatic heterocycles. The number of aromatic nitrogens is 1. The molecule has 3 aromatic carbocycles. The van der Waals surface area contributed by atoms with E-state index < -0.39 is 0 Å². The summed E-state index contributed by atoms with van der Waals surface area (Å²) in [5.74, 6) is 0.491. The highest BCUT2D eigenvalue weighted by molar-refractivity contribution is 6.31. The normalized spacial score (nSPS) is 15.1. The second-order valence-electron chi connectivity index (χ2n) is 10.7. The highest BCUT2D eigenvalue weighted by atomic mass is 35.5. The molecule has 0 saturated carbocycles. The number of amides is 2. The topological polar surface area (TPSA) is 77.2 Å². The van der Waals surface area contributed by atoms with Gasteiger partial charge >= 0.3 is 0 Å². The summed E-state index contributed by atoms with van der Waals surface area (Å²) in [6, 6.07) is 26.2. The Balaban J connectivity index is 1.17. The third kappa shape index (κ3) is 7.52.